The van der Waals surface area contributed by atoms with E-state index in [0.29, 0.717) is 5.92 Å². The third kappa shape index (κ3) is 4.67. The number of rotatable bonds is 8. The van der Waals surface area contributed by atoms with Gasteiger partial charge < -0.3 is 9.84 Å². The van der Waals surface area contributed by atoms with Gasteiger partial charge in [0.2, 0.25) is 0 Å². The minimum absolute atomic E-state index is 0.0537. The number of carboxylic acid groups (broad SMARTS) is 1. The summed E-state index contributed by atoms with van der Waals surface area (Å²) in [7, 11) is 0. The van der Waals surface area contributed by atoms with E-state index in [1.54, 1.807) is 0 Å². The molecule has 0 aliphatic carbocycles. The van der Waals surface area contributed by atoms with Gasteiger partial charge in [0.15, 0.2) is 0 Å². The van der Waals surface area contributed by atoms with Crippen LogP contribution >= 0.6 is 0 Å². The Morgan fingerprint density at radius 2 is 1.61 bits per heavy atom. The Balaban J connectivity index is 4.70. The summed E-state index contributed by atoms with van der Waals surface area (Å²) in [6.45, 7) is 10.3. The minimum atomic E-state index is -0.970. The number of carbonyl (C=O) groups is 2. The molecule has 0 saturated heterocycles. The minimum Gasteiger partial charge on any atom is -0.481 e. The van der Waals surface area contributed by atoms with E-state index in [1.807, 2.05) is 13.8 Å². The summed E-state index contributed by atoms with van der Waals surface area (Å²) in [5, 5.41) is 8.56. The molecule has 0 aliphatic rings. The molecule has 106 valence electrons. The number of carbonyl (C=O) groups excluding carboxylic acids is 1. The average Bonchev–Trinajstić information content (AvgIpc) is 2.32. The van der Waals surface area contributed by atoms with E-state index in [2.05, 4.69) is 20.8 Å². The van der Waals surface area contributed by atoms with Crippen LogP contribution in [-0.4, -0.2) is 22.6 Å². The van der Waals surface area contributed by atoms with Crippen LogP contribution in [0.2, 0.25) is 0 Å². The second-order valence-electron chi connectivity index (χ2n) is 5.17. The van der Waals surface area contributed by atoms with Crippen LogP contribution in [0.5, 0.6) is 0 Å². The summed E-state index contributed by atoms with van der Waals surface area (Å²) in [6.07, 6.45) is 1.28. The lowest BCUT2D eigenvalue weighted by molar-refractivity contribution is -0.170. The van der Waals surface area contributed by atoms with Crippen molar-refractivity contribution >= 4 is 11.9 Å². The van der Waals surface area contributed by atoms with Crippen molar-refractivity contribution in [2.45, 2.75) is 65.9 Å². The predicted molar refractivity (Wildman–Crippen MR) is 70.3 cm³/mol. The van der Waals surface area contributed by atoms with E-state index in [4.69, 9.17) is 9.84 Å². The lowest BCUT2D eigenvalue weighted by atomic mass is 9.77. The monoisotopic (exact) mass is 258 g/mol. The smallest absolute Gasteiger partial charge is 0.306 e. The van der Waals surface area contributed by atoms with Crippen molar-refractivity contribution in [3.05, 3.63) is 0 Å². The fraction of sp³-hybridized carbons (Fsp3) is 0.857. The van der Waals surface area contributed by atoms with Crippen LogP contribution in [0.3, 0.4) is 0 Å². The van der Waals surface area contributed by atoms with Crippen LogP contribution in [0, 0.1) is 11.8 Å². The van der Waals surface area contributed by atoms with Crippen LogP contribution in [0.15, 0.2) is 0 Å². The number of carboxylic acids is 1. The lowest BCUT2D eigenvalue weighted by Gasteiger charge is -2.39. The molecule has 18 heavy (non-hydrogen) atoms. The highest BCUT2D eigenvalue weighted by atomic mass is 16.6. The molecular weight excluding hydrogens is 232 g/mol. The number of hydrogen-bond acceptors (Lipinski definition) is 3. The topological polar surface area (TPSA) is 63.6 Å². The summed E-state index contributed by atoms with van der Waals surface area (Å²) in [5.74, 6) is -0.713. The quantitative estimate of drug-likeness (QED) is 0.679. The van der Waals surface area contributed by atoms with Gasteiger partial charge in [0, 0.05) is 0 Å². The van der Waals surface area contributed by atoms with E-state index >= 15 is 0 Å². The van der Waals surface area contributed by atoms with Gasteiger partial charge >= 0.3 is 11.9 Å². The van der Waals surface area contributed by atoms with E-state index in [9.17, 15) is 9.59 Å². The molecule has 0 aliphatic heterocycles. The molecule has 0 fully saturated rings. The van der Waals surface area contributed by atoms with Crippen LogP contribution in [0.4, 0.5) is 0 Å². The van der Waals surface area contributed by atoms with E-state index in [1.165, 1.54) is 0 Å². The molecule has 4 nitrogen and oxygen atoms in total. The highest BCUT2D eigenvalue weighted by molar-refractivity contribution is 5.76. The maximum Gasteiger partial charge on any atom is 0.306 e. The summed E-state index contributed by atoms with van der Waals surface area (Å²) >= 11 is 0. The molecule has 4 heteroatoms. The van der Waals surface area contributed by atoms with Crippen molar-refractivity contribution in [1.29, 1.82) is 0 Å². The Hall–Kier alpha value is -1.06. The highest BCUT2D eigenvalue weighted by Gasteiger charge is 2.38. The number of hydrogen-bond donors (Lipinski definition) is 1. The molecule has 0 aromatic carbocycles. The van der Waals surface area contributed by atoms with Crippen LogP contribution < -0.4 is 0 Å². The van der Waals surface area contributed by atoms with Crippen LogP contribution in [-0.2, 0) is 14.3 Å². The Morgan fingerprint density at radius 3 is 1.94 bits per heavy atom. The van der Waals surface area contributed by atoms with Crippen LogP contribution in [0.1, 0.15) is 60.3 Å². The molecule has 0 spiro atoms. The molecule has 0 rings (SSSR count). The molecule has 0 aromatic rings. The molecule has 0 radical (unpaired) electrons. The molecule has 0 amide bonds. The number of aliphatic carboxylic acids is 1. The zero-order valence-electron chi connectivity index (χ0n) is 12.2. The molecular formula is C14H26O4. The van der Waals surface area contributed by atoms with E-state index in [-0.39, 0.29) is 18.8 Å². The Kier molecular flexibility index (Phi) is 6.96. The van der Waals surface area contributed by atoms with Crippen molar-refractivity contribution in [3.8, 4) is 0 Å². The molecule has 0 bridgehead atoms. The standard InChI is InChI=1S/C14H26O4/c1-6-14(7-2,11(5)10(3)4)18-13(17)9-8-12(15)16/h10-11H,6-9H2,1-5H3,(H,15,16). The summed E-state index contributed by atoms with van der Waals surface area (Å²) < 4.78 is 5.61. The normalized spacial score (nSPS) is 13.4. The number of esters is 1. The highest BCUT2D eigenvalue weighted by Crippen LogP contribution is 2.34. The fourth-order valence-electron chi connectivity index (χ4n) is 2.23. The molecule has 1 unspecified atom stereocenters. The molecule has 0 heterocycles. The Labute approximate surface area is 110 Å². The molecule has 0 aromatic heterocycles. The zero-order chi connectivity index (χ0) is 14.3. The predicted octanol–water partition coefficient (Wildman–Crippen LogP) is 3.25. The van der Waals surface area contributed by atoms with E-state index < -0.39 is 17.5 Å². The maximum absolute atomic E-state index is 11.7. The van der Waals surface area contributed by atoms with E-state index in [0.717, 1.165) is 12.8 Å². The van der Waals surface area contributed by atoms with Gasteiger partial charge in [0.25, 0.3) is 0 Å². The second-order valence-corrected chi connectivity index (χ2v) is 5.17. The Bertz CT molecular complexity index is 280. The summed E-state index contributed by atoms with van der Waals surface area (Å²) in [6, 6.07) is 0. The van der Waals surface area contributed by atoms with Gasteiger partial charge in [-0.25, -0.2) is 0 Å². The molecule has 1 N–H and O–H groups in total. The van der Waals surface area contributed by atoms with Gasteiger partial charge in [-0.05, 0) is 24.7 Å². The first-order chi connectivity index (χ1) is 8.29. The first kappa shape index (κ1) is 16.9. The first-order valence-corrected chi connectivity index (χ1v) is 6.72. The van der Waals surface area contributed by atoms with Gasteiger partial charge in [0.1, 0.15) is 5.60 Å². The van der Waals surface area contributed by atoms with Crippen molar-refractivity contribution in [2.75, 3.05) is 0 Å². The maximum atomic E-state index is 11.7. The molecule has 1 atom stereocenters. The summed E-state index contributed by atoms with van der Waals surface area (Å²) in [4.78, 5) is 22.2. The van der Waals surface area contributed by atoms with Crippen molar-refractivity contribution in [2.24, 2.45) is 11.8 Å². The fourth-order valence-corrected chi connectivity index (χ4v) is 2.23. The van der Waals surface area contributed by atoms with Gasteiger partial charge in [-0.2, -0.15) is 0 Å². The third-order valence-corrected chi connectivity index (χ3v) is 3.89. The second kappa shape index (κ2) is 7.39. The first-order valence-electron chi connectivity index (χ1n) is 6.72. The molecule has 0 saturated carbocycles. The van der Waals surface area contributed by atoms with Gasteiger partial charge in [-0.1, -0.05) is 34.6 Å². The van der Waals surface area contributed by atoms with Crippen LogP contribution in [0.25, 0.3) is 0 Å². The van der Waals surface area contributed by atoms with Gasteiger partial charge in [-0.3, -0.25) is 9.59 Å². The SMILES string of the molecule is CCC(CC)(OC(=O)CCC(=O)O)C(C)C(C)C. The lowest BCUT2D eigenvalue weighted by Crippen LogP contribution is -2.42. The van der Waals surface area contributed by atoms with Crippen molar-refractivity contribution in [3.63, 3.8) is 0 Å². The largest absolute Gasteiger partial charge is 0.481 e. The zero-order valence-corrected chi connectivity index (χ0v) is 12.2. The van der Waals surface area contributed by atoms with Crippen molar-refractivity contribution < 1.29 is 19.4 Å². The van der Waals surface area contributed by atoms with Gasteiger partial charge in [-0.15, -0.1) is 0 Å². The third-order valence-electron chi connectivity index (χ3n) is 3.89. The average molecular weight is 258 g/mol. The van der Waals surface area contributed by atoms with Crippen molar-refractivity contribution in [1.82, 2.24) is 0 Å². The number of ether oxygens (including phenoxy) is 1. The van der Waals surface area contributed by atoms with Gasteiger partial charge in [0.05, 0.1) is 12.8 Å². The Morgan fingerprint density at radius 1 is 1.11 bits per heavy atom. The summed E-state index contributed by atoms with van der Waals surface area (Å²) in [5.41, 5.74) is -0.468.